The zero-order valence-corrected chi connectivity index (χ0v) is 10.9. The van der Waals surface area contributed by atoms with Gasteiger partial charge < -0.3 is 15.1 Å². The number of carbonyl (C=O) groups excluding carboxylic acids is 1. The number of hydrogen-bond donors (Lipinski definition) is 2. The normalized spacial score (nSPS) is 10.2. The fraction of sp³-hybridized carbons (Fsp3) is 0.308. The Balaban J connectivity index is 1.96. The molecule has 0 aliphatic carbocycles. The van der Waals surface area contributed by atoms with E-state index in [1.54, 1.807) is 31.6 Å². The molecule has 2 N–H and O–H groups in total. The molecule has 2 aromatic heterocycles. The second-order valence-corrected chi connectivity index (χ2v) is 3.94. The molecule has 0 spiro atoms. The van der Waals surface area contributed by atoms with Gasteiger partial charge in [0.2, 0.25) is 5.89 Å². The van der Waals surface area contributed by atoms with E-state index in [4.69, 9.17) is 4.42 Å². The van der Waals surface area contributed by atoms with Gasteiger partial charge >= 0.3 is 0 Å². The number of carbonyl (C=O) groups is 1. The van der Waals surface area contributed by atoms with Crippen molar-refractivity contribution in [3.63, 3.8) is 0 Å². The first-order chi connectivity index (χ1) is 9.22. The van der Waals surface area contributed by atoms with Crippen LogP contribution in [-0.2, 0) is 13.0 Å². The van der Waals surface area contributed by atoms with Crippen molar-refractivity contribution in [3.05, 3.63) is 41.9 Å². The second-order valence-electron chi connectivity index (χ2n) is 3.94. The lowest BCUT2D eigenvalue weighted by atomic mass is 10.3. The number of oxazole rings is 1. The van der Waals surface area contributed by atoms with Gasteiger partial charge in [-0.1, -0.05) is 6.92 Å². The van der Waals surface area contributed by atoms with Gasteiger partial charge in [0, 0.05) is 25.4 Å². The monoisotopic (exact) mass is 260 g/mol. The van der Waals surface area contributed by atoms with Crippen LogP contribution in [0.3, 0.4) is 0 Å². The van der Waals surface area contributed by atoms with Gasteiger partial charge in [-0.15, -0.1) is 0 Å². The maximum absolute atomic E-state index is 11.9. The molecule has 2 heterocycles. The first-order valence-corrected chi connectivity index (χ1v) is 6.08. The van der Waals surface area contributed by atoms with Crippen LogP contribution in [0.25, 0.3) is 0 Å². The van der Waals surface area contributed by atoms with E-state index < -0.39 is 0 Å². The van der Waals surface area contributed by atoms with Gasteiger partial charge in [0.25, 0.3) is 5.91 Å². The van der Waals surface area contributed by atoms with Crippen LogP contribution in [0.5, 0.6) is 0 Å². The SMILES string of the molecule is CCc1cnc(CNC(=O)c2cc(NC)ccn2)o1. The molecule has 2 aromatic rings. The van der Waals surface area contributed by atoms with Crippen molar-refractivity contribution in [2.45, 2.75) is 19.9 Å². The van der Waals surface area contributed by atoms with E-state index >= 15 is 0 Å². The molecular formula is C13H16N4O2. The highest BCUT2D eigenvalue weighted by molar-refractivity contribution is 5.92. The molecule has 19 heavy (non-hydrogen) atoms. The van der Waals surface area contributed by atoms with E-state index in [0.29, 0.717) is 11.6 Å². The van der Waals surface area contributed by atoms with Crippen LogP contribution >= 0.6 is 0 Å². The Morgan fingerprint density at radius 3 is 2.95 bits per heavy atom. The van der Waals surface area contributed by atoms with Gasteiger partial charge in [0.1, 0.15) is 11.5 Å². The predicted octanol–water partition coefficient (Wildman–Crippen LogP) is 1.60. The summed E-state index contributed by atoms with van der Waals surface area (Å²) in [6, 6.07) is 3.47. The molecule has 1 amide bonds. The van der Waals surface area contributed by atoms with Crippen molar-refractivity contribution in [1.29, 1.82) is 0 Å². The van der Waals surface area contributed by atoms with Crippen LogP contribution in [0.4, 0.5) is 5.69 Å². The Kier molecular flexibility index (Phi) is 4.12. The van der Waals surface area contributed by atoms with E-state index in [2.05, 4.69) is 20.6 Å². The summed E-state index contributed by atoms with van der Waals surface area (Å²) in [6.45, 7) is 2.24. The van der Waals surface area contributed by atoms with Gasteiger partial charge in [0.05, 0.1) is 12.7 Å². The quantitative estimate of drug-likeness (QED) is 0.853. The third kappa shape index (κ3) is 3.31. The molecule has 6 heteroatoms. The molecule has 0 unspecified atom stereocenters. The molecular weight excluding hydrogens is 244 g/mol. The Morgan fingerprint density at radius 2 is 2.26 bits per heavy atom. The summed E-state index contributed by atoms with van der Waals surface area (Å²) in [4.78, 5) is 20.0. The number of aryl methyl sites for hydroxylation is 1. The molecule has 2 rings (SSSR count). The average Bonchev–Trinajstić information content (AvgIpc) is 2.93. The molecule has 0 bridgehead atoms. The summed E-state index contributed by atoms with van der Waals surface area (Å²) in [5.74, 6) is 1.04. The van der Waals surface area contributed by atoms with Crippen molar-refractivity contribution in [3.8, 4) is 0 Å². The van der Waals surface area contributed by atoms with Crippen molar-refractivity contribution < 1.29 is 9.21 Å². The van der Waals surface area contributed by atoms with Gasteiger partial charge in [-0.05, 0) is 12.1 Å². The van der Waals surface area contributed by atoms with Gasteiger partial charge in [0.15, 0.2) is 0 Å². The maximum atomic E-state index is 11.9. The first kappa shape index (κ1) is 13.1. The summed E-state index contributed by atoms with van der Waals surface area (Å²) in [6.07, 6.45) is 4.04. The minimum absolute atomic E-state index is 0.254. The molecule has 0 atom stereocenters. The Labute approximate surface area is 111 Å². The Morgan fingerprint density at radius 1 is 1.42 bits per heavy atom. The lowest BCUT2D eigenvalue weighted by molar-refractivity contribution is 0.0942. The highest BCUT2D eigenvalue weighted by Crippen LogP contribution is 2.07. The molecule has 100 valence electrons. The molecule has 0 fully saturated rings. The van der Waals surface area contributed by atoms with Crippen molar-refractivity contribution >= 4 is 11.6 Å². The number of nitrogens with one attached hydrogen (secondary N) is 2. The molecule has 0 saturated carbocycles. The highest BCUT2D eigenvalue weighted by atomic mass is 16.4. The fourth-order valence-corrected chi connectivity index (χ4v) is 1.55. The average molecular weight is 260 g/mol. The largest absolute Gasteiger partial charge is 0.444 e. The first-order valence-electron chi connectivity index (χ1n) is 6.08. The summed E-state index contributed by atoms with van der Waals surface area (Å²) < 4.78 is 5.41. The van der Waals surface area contributed by atoms with Crippen molar-refractivity contribution in [1.82, 2.24) is 15.3 Å². The van der Waals surface area contributed by atoms with Gasteiger partial charge in [-0.25, -0.2) is 4.98 Å². The summed E-state index contributed by atoms with van der Waals surface area (Å²) in [5, 5.41) is 5.67. The smallest absolute Gasteiger partial charge is 0.270 e. The zero-order chi connectivity index (χ0) is 13.7. The Hall–Kier alpha value is -2.37. The molecule has 0 aromatic carbocycles. The minimum atomic E-state index is -0.256. The number of nitrogens with zero attached hydrogens (tertiary/aromatic N) is 2. The van der Waals surface area contributed by atoms with Crippen LogP contribution in [0.1, 0.15) is 29.1 Å². The van der Waals surface area contributed by atoms with Crippen molar-refractivity contribution in [2.24, 2.45) is 0 Å². The van der Waals surface area contributed by atoms with E-state index in [1.807, 2.05) is 6.92 Å². The van der Waals surface area contributed by atoms with Crippen LogP contribution < -0.4 is 10.6 Å². The lowest BCUT2D eigenvalue weighted by Gasteiger charge is -2.04. The molecule has 0 aliphatic heterocycles. The third-order valence-electron chi connectivity index (χ3n) is 2.63. The van der Waals surface area contributed by atoms with Gasteiger partial charge in [-0.3, -0.25) is 9.78 Å². The topological polar surface area (TPSA) is 80.0 Å². The number of rotatable bonds is 5. The molecule has 0 saturated heterocycles. The van der Waals surface area contributed by atoms with E-state index in [-0.39, 0.29) is 12.5 Å². The van der Waals surface area contributed by atoms with Crippen LogP contribution in [0.2, 0.25) is 0 Å². The van der Waals surface area contributed by atoms with Crippen molar-refractivity contribution in [2.75, 3.05) is 12.4 Å². The summed E-state index contributed by atoms with van der Waals surface area (Å²) in [7, 11) is 1.79. The fourth-order valence-electron chi connectivity index (χ4n) is 1.55. The predicted molar refractivity (Wildman–Crippen MR) is 70.8 cm³/mol. The lowest BCUT2D eigenvalue weighted by Crippen LogP contribution is -2.24. The number of anilines is 1. The van der Waals surface area contributed by atoms with Crippen LogP contribution in [0, 0.1) is 0 Å². The maximum Gasteiger partial charge on any atom is 0.270 e. The van der Waals surface area contributed by atoms with Gasteiger partial charge in [-0.2, -0.15) is 0 Å². The zero-order valence-electron chi connectivity index (χ0n) is 10.9. The number of amides is 1. The third-order valence-corrected chi connectivity index (χ3v) is 2.63. The molecule has 6 nitrogen and oxygen atoms in total. The van der Waals surface area contributed by atoms with E-state index in [9.17, 15) is 4.79 Å². The van der Waals surface area contributed by atoms with E-state index in [0.717, 1.165) is 17.9 Å². The summed E-state index contributed by atoms with van der Waals surface area (Å²) in [5.41, 5.74) is 1.19. The number of pyridine rings is 1. The minimum Gasteiger partial charge on any atom is -0.444 e. The van der Waals surface area contributed by atoms with Crippen LogP contribution in [-0.4, -0.2) is 22.9 Å². The number of aromatic nitrogens is 2. The molecule has 0 radical (unpaired) electrons. The van der Waals surface area contributed by atoms with E-state index in [1.165, 1.54) is 0 Å². The molecule has 0 aliphatic rings. The van der Waals surface area contributed by atoms with Crippen LogP contribution in [0.15, 0.2) is 28.9 Å². The standard InChI is InChI=1S/C13H16N4O2/c1-3-10-7-16-12(19-10)8-17-13(18)11-6-9(14-2)4-5-15-11/h4-7H,3,8H2,1-2H3,(H,14,15)(H,17,18). The summed E-state index contributed by atoms with van der Waals surface area (Å²) >= 11 is 0. The number of hydrogen-bond acceptors (Lipinski definition) is 5. The second kappa shape index (κ2) is 5.99. The highest BCUT2D eigenvalue weighted by Gasteiger charge is 2.09. The Bertz CT molecular complexity index is 565.